The topological polar surface area (TPSA) is 35.6 Å². The fourth-order valence-electron chi connectivity index (χ4n) is 3.22. The van der Waals surface area contributed by atoms with Crippen molar-refractivity contribution in [3.63, 3.8) is 0 Å². The first-order valence-electron chi connectivity index (χ1n) is 9.64. The van der Waals surface area contributed by atoms with Crippen molar-refractivity contribution < 1.29 is 4.79 Å². The number of aryl methyl sites for hydroxylation is 2. The first-order chi connectivity index (χ1) is 13.1. The van der Waals surface area contributed by atoms with Gasteiger partial charge in [0, 0.05) is 38.4 Å². The Morgan fingerprint density at radius 2 is 1.74 bits per heavy atom. The number of piperazine rings is 1. The van der Waals surface area contributed by atoms with Crippen LogP contribution in [0.4, 0.5) is 5.69 Å². The van der Waals surface area contributed by atoms with E-state index < -0.39 is 0 Å². The zero-order chi connectivity index (χ0) is 19.1. The molecule has 0 aliphatic carbocycles. The molecule has 142 valence electrons. The van der Waals surface area contributed by atoms with Crippen LogP contribution in [-0.4, -0.2) is 55.0 Å². The van der Waals surface area contributed by atoms with Crippen LogP contribution in [0, 0.1) is 13.8 Å². The molecule has 4 nitrogen and oxygen atoms in total. The van der Waals surface area contributed by atoms with Crippen LogP contribution in [0.5, 0.6) is 0 Å². The average molecular weight is 364 g/mol. The van der Waals surface area contributed by atoms with Crippen molar-refractivity contribution in [2.75, 3.05) is 44.6 Å². The Morgan fingerprint density at radius 3 is 2.44 bits per heavy atom. The van der Waals surface area contributed by atoms with Gasteiger partial charge in [-0.05, 0) is 42.7 Å². The van der Waals surface area contributed by atoms with Gasteiger partial charge in [0.2, 0.25) is 5.91 Å². The van der Waals surface area contributed by atoms with E-state index in [9.17, 15) is 4.79 Å². The molecule has 0 bridgehead atoms. The van der Waals surface area contributed by atoms with Gasteiger partial charge in [-0.15, -0.1) is 0 Å². The minimum absolute atomic E-state index is 0.174. The number of hydrogen-bond donors (Lipinski definition) is 1. The third kappa shape index (κ3) is 5.69. The van der Waals surface area contributed by atoms with Gasteiger partial charge >= 0.3 is 0 Å². The number of anilines is 1. The standard InChI is InChI=1S/C23H29N3O/c1-19-10-11-22(17-20(19)2)24-18-23(27)26-15-13-25(14-16-26)12-6-9-21-7-4-3-5-8-21/h3-11,17,24H,12-16,18H2,1-2H3/b9-6+. The number of rotatable bonds is 6. The summed E-state index contributed by atoms with van der Waals surface area (Å²) in [5, 5.41) is 3.26. The molecule has 0 radical (unpaired) electrons. The highest BCUT2D eigenvalue weighted by Gasteiger charge is 2.20. The molecule has 1 heterocycles. The van der Waals surface area contributed by atoms with Crippen molar-refractivity contribution in [2.45, 2.75) is 13.8 Å². The number of nitrogens with one attached hydrogen (secondary N) is 1. The number of hydrogen-bond acceptors (Lipinski definition) is 3. The summed E-state index contributed by atoms with van der Waals surface area (Å²) in [6, 6.07) is 16.6. The highest BCUT2D eigenvalue weighted by Crippen LogP contribution is 2.14. The average Bonchev–Trinajstić information content (AvgIpc) is 2.70. The SMILES string of the molecule is Cc1ccc(NCC(=O)N2CCN(C/C=C/c3ccccc3)CC2)cc1C. The van der Waals surface area contributed by atoms with Gasteiger partial charge in [0.25, 0.3) is 0 Å². The predicted octanol–water partition coefficient (Wildman–Crippen LogP) is 3.57. The molecular weight excluding hydrogens is 334 g/mol. The number of amides is 1. The molecule has 1 amide bonds. The molecule has 4 heteroatoms. The molecule has 2 aromatic rings. The van der Waals surface area contributed by atoms with Crippen LogP contribution in [0.25, 0.3) is 6.08 Å². The smallest absolute Gasteiger partial charge is 0.241 e. The van der Waals surface area contributed by atoms with Gasteiger partial charge in [-0.25, -0.2) is 0 Å². The Balaban J connectivity index is 1.39. The molecule has 2 aromatic carbocycles. The maximum absolute atomic E-state index is 12.5. The minimum Gasteiger partial charge on any atom is -0.376 e. The molecule has 0 saturated carbocycles. The number of carbonyl (C=O) groups excluding carboxylic acids is 1. The quantitative estimate of drug-likeness (QED) is 0.852. The summed E-state index contributed by atoms with van der Waals surface area (Å²) in [4.78, 5) is 16.8. The summed E-state index contributed by atoms with van der Waals surface area (Å²) in [6.07, 6.45) is 4.36. The normalized spacial score (nSPS) is 15.3. The van der Waals surface area contributed by atoms with Crippen LogP contribution >= 0.6 is 0 Å². The van der Waals surface area contributed by atoms with Gasteiger partial charge in [0.1, 0.15) is 0 Å². The minimum atomic E-state index is 0.174. The lowest BCUT2D eigenvalue weighted by molar-refractivity contribution is -0.130. The summed E-state index contributed by atoms with van der Waals surface area (Å²) in [7, 11) is 0. The number of benzene rings is 2. The van der Waals surface area contributed by atoms with E-state index in [0.29, 0.717) is 6.54 Å². The maximum Gasteiger partial charge on any atom is 0.241 e. The summed E-state index contributed by atoms with van der Waals surface area (Å²) < 4.78 is 0. The fourth-order valence-corrected chi connectivity index (χ4v) is 3.22. The van der Waals surface area contributed by atoms with Gasteiger partial charge in [-0.3, -0.25) is 9.69 Å². The third-order valence-corrected chi connectivity index (χ3v) is 5.15. The van der Waals surface area contributed by atoms with Gasteiger partial charge < -0.3 is 10.2 Å². The molecule has 1 saturated heterocycles. The van der Waals surface area contributed by atoms with E-state index >= 15 is 0 Å². The second-order valence-electron chi connectivity index (χ2n) is 7.15. The van der Waals surface area contributed by atoms with Crippen molar-refractivity contribution in [2.24, 2.45) is 0 Å². The van der Waals surface area contributed by atoms with Crippen LogP contribution in [0.2, 0.25) is 0 Å². The number of nitrogens with zero attached hydrogens (tertiary/aromatic N) is 2. The maximum atomic E-state index is 12.5. The molecule has 1 aliphatic rings. The van der Waals surface area contributed by atoms with E-state index in [4.69, 9.17) is 0 Å². The lowest BCUT2D eigenvalue weighted by atomic mass is 10.1. The molecule has 1 N–H and O–H groups in total. The lowest BCUT2D eigenvalue weighted by Gasteiger charge is -2.34. The lowest BCUT2D eigenvalue weighted by Crippen LogP contribution is -2.50. The molecule has 1 fully saturated rings. The van der Waals surface area contributed by atoms with E-state index in [0.717, 1.165) is 38.4 Å². The molecule has 0 aromatic heterocycles. The van der Waals surface area contributed by atoms with E-state index in [2.05, 4.69) is 72.6 Å². The summed E-state index contributed by atoms with van der Waals surface area (Å²) in [5.41, 5.74) is 4.74. The Kier molecular flexibility index (Phi) is 6.66. The monoisotopic (exact) mass is 363 g/mol. The van der Waals surface area contributed by atoms with Crippen molar-refractivity contribution >= 4 is 17.7 Å². The van der Waals surface area contributed by atoms with Crippen LogP contribution in [0.1, 0.15) is 16.7 Å². The third-order valence-electron chi connectivity index (χ3n) is 5.15. The zero-order valence-electron chi connectivity index (χ0n) is 16.3. The van der Waals surface area contributed by atoms with Crippen molar-refractivity contribution in [1.29, 1.82) is 0 Å². The Hall–Kier alpha value is -2.59. The van der Waals surface area contributed by atoms with E-state index in [1.54, 1.807) is 0 Å². The fraction of sp³-hybridized carbons (Fsp3) is 0.348. The van der Waals surface area contributed by atoms with Gasteiger partial charge in [0.15, 0.2) is 0 Å². The Morgan fingerprint density at radius 1 is 1.00 bits per heavy atom. The van der Waals surface area contributed by atoms with Crippen LogP contribution in [0.15, 0.2) is 54.6 Å². The number of carbonyl (C=O) groups is 1. The molecule has 3 rings (SSSR count). The van der Waals surface area contributed by atoms with E-state index in [1.807, 2.05) is 17.0 Å². The van der Waals surface area contributed by atoms with Crippen molar-refractivity contribution in [3.05, 3.63) is 71.3 Å². The van der Waals surface area contributed by atoms with E-state index in [-0.39, 0.29) is 5.91 Å². The van der Waals surface area contributed by atoms with Crippen LogP contribution in [-0.2, 0) is 4.79 Å². The highest BCUT2D eigenvalue weighted by atomic mass is 16.2. The molecule has 0 spiro atoms. The van der Waals surface area contributed by atoms with Crippen LogP contribution in [0.3, 0.4) is 0 Å². The second-order valence-corrected chi connectivity index (χ2v) is 7.15. The van der Waals surface area contributed by atoms with Gasteiger partial charge in [-0.1, -0.05) is 48.6 Å². The van der Waals surface area contributed by atoms with Gasteiger partial charge in [-0.2, -0.15) is 0 Å². The van der Waals surface area contributed by atoms with Gasteiger partial charge in [0.05, 0.1) is 6.54 Å². The summed E-state index contributed by atoms with van der Waals surface area (Å²) >= 11 is 0. The highest BCUT2D eigenvalue weighted by molar-refractivity contribution is 5.81. The zero-order valence-corrected chi connectivity index (χ0v) is 16.3. The molecule has 0 unspecified atom stereocenters. The predicted molar refractivity (Wildman–Crippen MR) is 113 cm³/mol. The molecule has 1 aliphatic heterocycles. The Labute approximate surface area is 162 Å². The molecule has 27 heavy (non-hydrogen) atoms. The second kappa shape index (κ2) is 9.38. The summed E-state index contributed by atoms with van der Waals surface area (Å²) in [6.45, 7) is 8.92. The largest absolute Gasteiger partial charge is 0.376 e. The Bertz CT molecular complexity index is 777. The summed E-state index contributed by atoms with van der Waals surface area (Å²) in [5.74, 6) is 0.174. The molecular formula is C23H29N3O. The van der Waals surface area contributed by atoms with Crippen LogP contribution < -0.4 is 5.32 Å². The van der Waals surface area contributed by atoms with Crippen molar-refractivity contribution in [3.8, 4) is 0 Å². The molecule has 0 atom stereocenters. The first-order valence-corrected chi connectivity index (χ1v) is 9.64. The van der Waals surface area contributed by atoms with Crippen molar-refractivity contribution in [1.82, 2.24) is 9.80 Å². The van der Waals surface area contributed by atoms with E-state index in [1.165, 1.54) is 16.7 Å². The first kappa shape index (κ1) is 19.2.